The Kier molecular flexibility index (Phi) is 6.33. The molecular weight excluding hydrogens is 469 g/mol. The number of halogens is 1. The van der Waals surface area contributed by atoms with Crippen molar-refractivity contribution in [2.24, 2.45) is 10.7 Å². The van der Waals surface area contributed by atoms with E-state index < -0.39 is 6.10 Å². The van der Waals surface area contributed by atoms with Crippen LogP contribution in [-0.4, -0.2) is 62.9 Å². The highest BCUT2D eigenvalue weighted by Crippen LogP contribution is 2.34. The number of fused-ring (bicyclic) bond motifs is 2. The van der Waals surface area contributed by atoms with E-state index in [0.717, 1.165) is 46.4 Å². The Morgan fingerprint density at radius 1 is 1.08 bits per heavy atom. The van der Waals surface area contributed by atoms with Crippen LogP contribution >= 0.6 is 0 Å². The number of nitrogens with zero attached hydrogens (tertiary/aromatic N) is 5. The first-order chi connectivity index (χ1) is 18.0. The summed E-state index contributed by atoms with van der Waals surface area (Å²) in [5.41, 5.74) is 10.8. The molecule has 4 aromatic rings. The number of aliphatic hydroxyl groups excluding tert-OH is 1. The minimum Gasteiger partial charge on any atom is -0.390 e. The van der Waals surface area contributed by atoms with Crippen LogP contribution in [0.15, 0.2) is 77.9 Å². The lowest BCUT2D eigenvalue weighted by Crippen LogP contribution is -2.54. The quantitative estimate of drug-likeness (QED) is 0.375. The van der Waals surface area contributed by atoms with Crippen molar-refractivity contribution < 1.29 is 9.50 Å². The van der Waals surface area contributed by atoms with E-state index in [1.807, 2.05) is 53.6 Å². The summed E-state index contributed by atoms with van der Waals surface area (Å²) in [5, 5.41) is 19.5. The third-order valence-electron chi connectivity index (χ3n) is 7.16. The van der Waals surface area contributed by atoms with Crippen molar-refractivity contribution in [3.63, 3.8) is 0 Å². The Balaban J connectivity index is 1.24. The molecule has 0 amide bonds. The van der Waals surface area contributed by atoms with E-state index in [0.29, 0.717) is 19.8 Å². The summed E-state index contributed by atoms with van der Waals surface area (Å²) < 4.78 is 15.5. The van der Waals surface area contributed by atoms with Gasteiger partial charge in [0, 0.05) is 35.8 Å². The first kappa shape index (κ1) is 23.6. The molecule has 3 aromatic carbocycles. The van der Waals surface area contributed by atoms with Gasteiger partial charge >= 0.3 is 0 Å². The van der Waals surface area contributed by atoms with Gasteiger partial charge in [-0.15, -0.1) is 0 Å². The topological polar surface area (TPSA) is 94.9 Å². The zero-order valence-electron chi connectivity index (χ0n) is 20.4. The van der Waals surface area contributed by atoms with Crippen molar-refractivity contribution in [1.82, 2.24) is 19.6 Å². The maximum absolute atomic E-state index is 13.6. The number of rotatable bonds is 6. The molecule has 1 aromatic heterocycles. The maximum atomic E-state index is 13.6. The summed E-state index contributed by atoms with van der Waals surface area (Å²) in [6.45, 7) is 2.48. The summed E-state index contributed by atoms with van der Waals surface area (Å²) in [7, 11) is 0. The SMILES string of the molecule is N[C@@H]1CCN(CN2C=Nc3ccccc3C2Nc2ccc3c(cnn3Cc3cccc(F)c3)c2)C[C@H]1O. The first-order valence-corrected chi connectivity index (χ1v) is 12.5. The minimum atomic E-state index is -0.527. The van der Waals surface area contributed by atoms with Gasteiger partial charge in [-0.25, -0.2) is 9.38 Å². The largest absolute Gasteiger partial charge is 0.390 e. The molecule has 2 aliphatic rings. The zero-order valence-corrected chi connectivity index (χ0v) is 20.4. The lowest BCUT2D eigenvalue weighted by Gasteiger charge is -2.41. The molecule has 0 saturated carbocycles. The van der Waals surface area contributed by atoms with E-state index in [-0.39, 0.29) is 18.0 Å². The van der Waals surface area contributed by atoms with Crippen molar-refractivity contribution in [1.29, 1.82) is 0 Å². The van der Waals surface area contributed by atoms with Gasteiger partial charge in [0.2, 0.25) is 0 Å². The molecular formula is C28H30FN7O. The van der Waals surface area contributed by atoms with E-state index >= 15 is 0 Å². The molecule has 8 nitrogen and oxygen atoms in total. The monoisotopic (exact) mass is 499 g/mol. The molecule has 9 heteroatoms. The Bertz CT molecular complexity index is 1440. The molecule has 2 aliphatic heterocycles. The number of piperidine rings is 1. The Hall–Kier alpha value is -3.79. The van der Waals surface area contributed by atoms with Crippen LogP contribution in [-0.2, 0) is 6.54 Å². The fraction of sp³-hybridized carbons (Fsp3) is 0.286. The molecule has 190 valence electrons. The number of nitrogens with one attached hydrogen (secondary N) is 1. The van der Waals surface area contributed by atoms with Crippen molar-refractivity contribution in [2.75, 3.05) is 25.1 Å². The van der Waals surface area contributed by atoms with Gasteiger partial charge < -0.3 is 21.1 Å². The van der Waals surface area contributed by atoms with E-state index in [9.17, 15) is 9.50 Å². The van der Waals surface area contributed by atoms with Gasteiger partial charge in [0.15, 0.2) is 0 Å². The second-order valence-corrected chi connectivity index (χ2v) is 9.81. The van der Waals surface area contributed by atoms with Gasteiger partial charge in [0.05, 0.1) is 43.1 Å². The van der Waals surface area contributed by atoms with Crippen LogP contribution in [0.5, 0.6) is 0 Å². The average molecular weight is 500 g/mol. The third-order valence-corrected chi connectivity index (χ3v) is 7.16. The molecule has 0 bridgehead atoms. The van der Waals surface area contributed by atoms with Crippen LogP contribution in [0.1, 0.15) is 23.7 Å². The fourth-order valence-electron chi connectivity index (χ4n) is 5.14. The fourth-order valence-corrected chi connectivity index (χ4v) is 5.14. The molecule has 3 heterocycles. The molecule has 1 fully saturated rings. The average Bonchev–Trinajstić information content (AvgIpc) is 3.29. The smallest absolute Gasteiger partial charge is 0.129 e. The van der Waals surface area contributed by atoms with Crippen LogP contribution in [0.4, 0.5) is 15.8 Å². The molecule has 6 rings (SSSR count). The van der Waals surface area contributed by atoms with Gasteiger partial charge in [-0.1, -0.05) is 30.3 Å². The highest BCUT2D eigenvalue weighted by Gasteiger charge is 2.30. The lowest BCUT2D eigenvalue weighted by atomic mass is 10.0. The van der Waals surface area contributed by atoms with E-state index in [4.69, 9.17) is 5.73 Å². The zero-order chi connectivity index (χ0) is 25.4. The van der Waals surface area contributed by atoms with Gasteiger partial charge in [-0.2, -0.15) is 5.10 Å². The van der Waals surface area contributed by atoms with Crippen LogP contribution in [0, 0.1) is 5.82 Å². The molecule has 0 aliphatic carbocycles. The number of aliphatic imine (C=N–C) groups is 1. The Morgan fingerprint density at radius 2 is 1.97 bits per heavy atom. The second kappa shape index (κ2) is 9.93. The van der Waals surface area contributed by atoms with Gasteiger partial charge in [0.1, 0.15) is 12.0 Å². The number of aliphatic hydroxyl groups is 1. The number of hydrogen-bond acceptors (Lipinski definition) is 7. The van der Waals surface area contributed by atoms with Crippen molar-refractivity contribution in [3.8, 4) is 0 Å². The standard InChI is InChI=1S/C28H30FN7O/c29-21-5-3-4-19(12-21)15-36-26-9-8-22(13-20(26)14-32-36)33-28-23-6-1-2-7-25(23)31-17-35(28)18-34-11-10-24(30)27(37)16-34/h1-9,12-14,17,24,27-28,33,37H,10-11,15-16,18,30H2/t24-,27-,28?/m1/s1. The third kappa shape index (κ3) is 4.93. The number of para-hydroxylation sites is 1. The lowest BCUT2D eigenvalue weighted by molar-refractivity contribution is 0.0323. The number of benzene rings is 3. The van der Waals surface area contributed by atoms with E-state index in [2.05, 4.69) is 37.3 Å². The highest BCUT2D eigenvalue weighted by atomic mass is 19.1. The number of hydrogen-bond donors (Lipinski definition) is 3. The number of β-amino-alcohol motifs (C(OH)–C–C–N with tert-alkyl or cyclic N) is 1. The molecule has 0 spiro atoms. The predicted octanol–water partition coefficient (Wildman–Crippen LogP) is 3.66. The van der Waals surface area contributed by atoms with Crippen LogP contribution in [0.2, 0.25) is 0 Å². The van der Waals surface area contributed by atoms with E-state index in [1.54, 1.807) is 6.07 Å². The molecule has 1 saturated heterocycles. The molecule has 0 radical (unpaired) electrons. The predicted molar refractivity (Wildman–Crippen MR) is 143 cm³/mol. The number of likely N-dealkylation sites (tertiary alicyclic amines) is 1. The molecule has 3 atom stereocenters. The summed E-state index contributed by atoms with van der Waals surface area (Å²) in [5.74, 6) is -0.247. The van der Waals surface area contributed by atoms with Gasteiger partial charge in [-0.3, -0.25) is 9.58 Å². The number of anilines is 1. The number of nitrogens with two attached hydrogens (primary N) is 1. The Labute approximate surface area is 214 Å². The first-order valence-electron chi connectivity index (χ1n) is 12.5. The molecule has 37 heavy (non-hydrogen) atoms. The molecule has 1 unspecified atom stereocenters. The summed E-state index contributed by atoms with van der Waals surface area (Å²) in [6, 6.07) is 20.7. The Morgan fingerprint density at radius 3 is 2.84 bits per heavy atom. The van der Waals surface area contributed by atoms with Crippen molar-refractivity contribution >= 4 is 28.6 Å². The maximum Gasteiger partial charge on any atom is 0.129 e. The summed E-state index contributed by atoms with van der Waals surface area (Å²) in [4.78, 5) is 9.04. The second-order valence-electron chi connectivity index (χ2n) is 9.81. The highest BCUT2D eigenvalue weighted by molar-refractivity contribution is 5.83. The van der Waals surface area contributed by atoms with Gasteiger partial charge in [0.25, 0.3) is 0 Å². The van der Waals surface area contributed by atoms with E-state index in [1.165, 1.54) is 12.1 Å². The van der Waals surface area contributed by atoms with Crippen LogP contribution in [0.3, 0.4) is 0 Å². The molecule has 4 N–H and O–H groups in total. The van der Waals surface area contributed by atoms with Crippen molar-refractivity contribution in [2.45, 2.75) is 31.3 Å². The number of aromatic nitrogens is 2. The normalized spacial score (nSPS) is 21.8. The van der Waals surface area contributed by atoms with Crippen LogP contribution in [0.25, 0.3) is 10.9 Å². The van der Waals surface area contributed by atoms with Gasteiger partial charge in [-0.05, 0) is 48.4 Å². The van der Waals surface area contributed by atoms with Crippen LogP contribution < -0.4 is 11.1 Å². The minimum absolute atomic E-state index is 0.138. The summed E-state index contributed by atoms with van der Waals surface area (Å²) in [6.07, 6.45) is 3.81. The summed E-state index contributed by atoms with van der Waals surface area (Å²) >= 11 is 0. The van der Waals surface area contributed by atoms with Crippen molar-refractivity contribution in [3.05, 3.63) is 89.9 Å².